The summed E-state index contributed by atoms with van der Waals surface area (Å²) < 4.78 is 0. The second kappa shape index (κ2) is 6.44. The third kappa shape index (κ3) is 3.74. The van der Waals surface area contributed by atoms with Crippen molar-refractivity contribution in [2.75, 3.05) is 17.2 Å². The van der Waals surface area contributed by atoms with Gasteiger partial charge in [0.1, 0.15) is 5.82 Å². The van der Waals surface area contributed by atoms with Crippen LogP contribution in [0.25, 0.3) is 0 Å². The largest absolute Gasteiger partial charge is 0.369 e. The lowest BCUT2D eigenvalue weighted by Crippen LogP contribution is -2.15. The Kier molecular flexibility index (Phi) is 4.39. The van der Waals surface area contributed by atoms with Crippen LogP contribution in [-0.2, 0) is 0 Å². The summed E-state index contributed by atoms with van der Waals surface area (Å²) in [7, 11) is 0. The fourth-order valence-corrected chi connectivity index (χ4v) is 1.43. The van der Waals surface area contributed by atoms with Crippen molar-refractivity contribution in [3.63, 3.8) is 0 Å². The van der Waals surface area contributed by atoms with Crippen LogP contribution < -0.4 is 10.6 Å². The van der Waals surface area contributed by atoms with Gasteiger partial charge in [0, 0.05) is 12.7 Å². The molecular weight excluding hydrogens is 242 g/mol. The number of carbonyl (C=O) groups excluding carboxylic acids is 1. The van der Waals surface area contributed by atoms with Crippen molar-refractivity contribution in [1.29, 1.82) is 0 Å². The van der Waals surface area contributed by atoms with E-state index >= 15 is 0 Å². The Labute approximate surface area is 111 Å². The zero-order valence-electron chi connectivity index (χ0n) is 10.6. The van der Waals surface area contributed by atoms with Gasteiger partial charge in [-0.15, -0.1) is 10.2 Å². The molecule has 2 aromatic heterocycles. The summed E-state index contributed by atoms with van der Waals surface area (Å²) in [5.74, 6) is 0.363. The molecule has 0 aromatic carbocycles. The van der Waals surface area contributed by atoms with Crippen molar-refractivity contribution in [2.45, 2.75) is 13.3 Å². The van der Waals surface area contributed by atoms with Gasteiger partial charge in [-0.25, -0.2) is 0 Å². The molecule has 2 aromatic rings. The van der Waals surface area contributed by atoms with E-state index in [1.165, 1.54) is 0 Å². The summed E-state index contributed by atoms with van der Waals surface area (Å²) >= 11 is 0. The minimum atomic E-state index is -0.303. The predicted molar refractivity (Wildman–Crippen MR) is 73.0 cm³/mol. The fourth-order valence-electron chi connectivity index (χ4n) is 1.43. The molecule has 6 heteroatoms. The summed E-state index contributed by atoms with van der Waals surface area (Å²) in [6.45, 7) is 2.89. The van der Waals surface area contributed by atoms with Gasteiger partial charge in [-0.05, 0) is 30.7 Å². The molecule has 1 amide bonds. The molecule has 0 saturated carbocycles. The number of pyridine rings is 1. The third-order valence-electron chi connectivity index (χ3n) is 2.37. The first kappa shape index (κ1) is 12.9. The van der Waals surface area contributed by atoms with Gasteiger partial charge < -0.3 is 10.6 Å². The smallest absolute Gasteiger partial charge is 0.276 e. The second-order valence-electron chi connectivity index (χ2n) is 3.93. The Morgan fingerprint density at radius 1 is 1.26 bits per heavy atom. The highest BCUT2D eigenvalue weighted by Gasteiger charge is 2.08. The van der Waals surface area contributed by atoms with Crippen molar-refractivity contribution in [2.24, 2.45) is 0 Å². The number of hydrogen-bond acceptors (Lipinski definition) is 5. The van der Waals surface area contributed by atoms with E-state index in [1.807, 2.05) is 0 Å². The molecule has 19 heavy (non-hydrogen) atoms. The maximum absolute atomic E-state index is 11.9. The lowest BCUT2D eigenvalue weighted by atomic mass is 10.3. The normalized spacial score (nSPS) is 9.95. The summed E-state index contributed by atoms with van der Waals surface area (Å²) in [5.41, 5.74) is 0.897. The van der Waals surface area contributed by atoms with Gasteiger partial charge in [0.25, 0.3) is 5.91 Å². The second-order valence-corrected chi connectivity index (χ2v) is 3.93. The maximum atomic E-state index is 11.9. The van der Waals surface area contributed by atoms with E-state index in [2.05, 4.69) is 32.7 Å². The van der Waals surface area contributed by atoms with E-state index in [-0.39, 0.29) is 11.6 Å². The Hall–Kier alpha value is -2.50. The van der Waals surface area contributed by atoms with Crippen LogP contribution in [0.2, 0.25) is 0 Å². The molecule has 0 spiro atoms. The zero-order chi connectivity index (χ0) is 13.5. The van der Waals surface area contributed by atoms with E-state index in [4.69, 9.17) is 0 Å². The lowest BCUT2D eigenvalue weighted by Gasteiger charge is -2.05. The van der Waals surface area contributed by atoms with Crippen LogP contribution in [0.4, 0.5) is 11.5 Å². The van der Waals surface area contributed by atoms with Gasteiger partial charge in [-0.1, -0.05) is 6.92 Å². The minimum absolute atomic E-state index is 0.269. The molecule has 0 bridgehead atoms. The Balaban J connectivity index is 1.99. The first-order valence-corrected chi connectivity index (χ1v) is 6.08. The van der Waals surface area contributed by atoms with E-state index in [9.17, 15) is 4.79 Å². The lowest BCUT2D eigenvalue weighted by molar-refractivity contribution is 0.102. The van der Waals surface area contributed by atoms with Crippen LogP contribution in [0.1, 0.15) is 23.8 Å². The Morgan fingerprint density at radius 3 is 2.79 bits per heavy atom. The van der Waals surface area contributed by atoms with Gasteiger partial charge in [0.05, 0.1) is 11.9 Å². The van der Waals surface area contributed by atoms with Crippen molar-refractivity contribution < 1.29 is 4.79 Å². The molecule has 2 heterocycles. The molecule has 98 valence electrons. The highest BCUT2D eigenvalue weighted by molar-refractivity contribution is 6.02. The van der Waals surface area contributed by atoms with Crippen LogP contribution >= 0.6 is 0 Å². The van der Waals surface area contributed by atoms with Gasteiger partial charge in [-0.3, -0.25) is 9.78 Å². The highest BCUT2D eigenvalue weighted by atomic mass is 16.1. The van der Waals surface area contributed by atoms with Crippen LogP contribution in [0.5, 0.6) is 0 Å². The number of carbonyl (C=O) groups is 1. The molecule has 0 fully saturated rings. The van der Waals surface area contributed by atoms with Gasteiger partial charge in [0.15, 0.2) is 5.69 Å². The van der Waals surface area contributed by atoms with E-state index in [0.717, 1.165) is 13.0 Å². The van der Waals surface area contributed by atoms with E-state index < -0.39 is 0 Å². The number of nitrogens with zero attached hydrogens (tertiary/aromatic N) is 3. The Morgan fingerprint density at radius 2 is 2.16 bits per heavy atom. The standard InChI is InChI=1S/C13H15N5O/c1-2-7-15-12-6-5-11(17-18-12)13(19)16-10-4-3-8-14-9-10/h3-6,8-9H,2,7H2,1H3,(H,15,18)(H,16,19). The molecule has 0 aliphatic heterocycles. The molecule has 0 saturated heterocycles. The average Bonchev–Trinajstić information content (AvgIpc) is 2.46. The van der Waals surface area contributed by atoms with Crippen LogP contribution in [-0.4, -0.2) is 27.6 Å². The number of amides is 1. The number of anilines is 2. The number of hydrogen-bond donors (Lipinski definition) is 2. The van der Waals surface area contributed by atoms with Crippen molar-refractivity contribution in [1.82, 2.24) is 15.2 Å². The molecule has 0 aliphatic rings. The SMILES string of the molecule is CCCNc1ccc(C(=O)Nc2cccnc2)nn1. The molecular formula is C13H15N5O. The Bertz CT molecular complexity index is 526. The molecule has 2 rings (SSSR count). The van der Waals surface area contributed by atoms with Crippen LogP contribution in [0.3, 0.4) is 0 Å². The molecule has 2 N–H and O–H groups in total. The fraction of sp³-hybridized carbons (Fsp3) is 0.231. The molecule has 0 unspecified atom stereocenters. The van der Waals surface area contributed by atoms with Crippen LogP contribution in [0, 0.1) is 0 Å². The quantitative estimate of drug-likeness (QED) is 0.855. The summed E-state index contributed by atoms with van der Waals surface area (Å²) in [5, 5.41) is 13.6. The summed E-state index contributed by atoms with van der Waals surface area (Å²) in [6.07, 6.45) is 4.22. The highest BCUT2D eigenvalue weighted by Crippen LogP contribution is 2.07. The van der Waals surface area contributed by atoms with E-state index in [0.29, 0.717) is 11.5 Å². The average molecular weight is 257 g/mol. The molecule has 0 atom stereocenters. The number of aromatic nitrogens is 3. The first-order valence-electron chi connectivity index (χ1n) is 6.08. The van der Waals surface area contributed by atoms with Crippen molar-refractivity contribution in [3.05, 3.63) is 42.4 Å². The number of nitrogens with one attached hydrogen (secondary N) is 2. The topological polar surface area (TPSA) is 79.8 Å². The van der Waals surface area contributed by atoms with Gasteiger partial charge in [-0.2, -0.15) is 0 Å². The van der Waals surface area contributed by atoms with Gasteiger partial charge >= 0.3 is 0 Å². The first-order chi connectivity index (χ1) is 9.29. The zero-order valence-corrected chi connectivity index (χ0v) is 10.6. The maximum Gasteiger partial charge on any atom is 0.276 e. The van der Waals surface area contributed by atoms with Crippen molar-refractivity contribution in [3.8, 4) is 0 Å². The van der Waals surface area contributed by atoms with Gasteiger partial charge in [0.2, 0.25) is 0 Å². The van der Waals surface area contributed by atoms with Crippen molar-refractivity contribution >= 4 is 17.4 Å². The summed E-state index contributed by atoms with van der Waals surface area (Å²) in [6, 6.07) is 6.88. The third-order valence-corrected chi connectivity index (χ3v) is 2.37. The predicted octanol–water partition coefficient (Wildman–Crippen LogP) is 1.95. The molecule has 6 nitrogen and oxygen atoms in total. The van der Waals surface area contributed by atoms with Crippen LogP contribution in [0.15, 0.2) is 36.7 Å². The monoisotopic (exact) mass is 257 g/mol. The summed E-state index contributed by atoms with van der Waals surface area (Å²) in [4.78, 5) is 15.8. The number of rotatable bonds is 5. The minimum Gasteiger partial charge on any atom is -0.369 e. The molecule has 0 aliphatic carbocycles. The molecule has 0 radical (unpaired) electrons. The van der Waals surface area contributed by atoms with E-state index in [1.54, 1.807) is 36.7 Å².